The largest absolute Gasteiger partial charge is 0.490 e. The summed E-state index contributed by atoms with van der Waals surface area (Å²) >= 11 is 0. The van der Waals surface area contributed by atoms with Crippen LogP contribution in [0.5, 0.6) is 0 Å². The van der Waals surface area contributed by atoms with Crippen molar-refractivity contribution in [3.8, 4) is 0 Å². The SMILES string of the molecule is O=C(NCC1CN(Cc2ccoc2)Cc2ccnn21)c1ccccc1.O=C(O)C(F)(F)F. The van der Waals surface area contributed by atoms with Crippen molar-refractivity contribution in [2.45, 2.75) is 25.3 Å². The second-order valence-electron chi connectivity index (χ2n) is 7.10. The number of hydrogen-bond acceptors (Lipinski definition) is 5. The number of hydrogen-bond donors (Lipinski definition) is 2. The maximum atomic E-state index is 12.3. The minimum atomic E-state index is -5.08. The molecule has 0 fully saturated rings. The van der Waals surface area contributed by atoms with Gasteiger partial charge in [0.1, 0.15) is 0 Å². The third kappa shape index (κ3) is 6.20. The number of alkyl halides is 3. The van der Waals surface area contributed by atoms with E-state index >= 15 is 0 Å². The summed E-state index contributed by atoms with van der Waals surface area (Å²) in [5.74, 6) is -2.81. The highest BCUT2D eigenvalue weighted by molar-refractivity contribution is 5.94. The molecule has 3 aromatic rings. The molecule has 2 aromatic heterocycles. The molecule has 2 N–H and O–H groups in total. The number of aromatic nitrogens is 2. The number of fused-ring (bicyclic) bond motifs is 1. The number of furan rings is 1. The quantitative estimate of drug-likeness (QED) is 0.620. The Morgan fingerprint density at radius 2 is 1.91 bits per heavy atom. The van der Waals surface area contributed by atoms with Gasteiger partial charge in [-0.1, -0.05) is 18.2 Å². The van der Waals surface area contributed by atoms with Crippen LogP contribution < -0.4 is 5.32 Å². The van der Waals surface area contributed by atoms with Gasteiger partial charge in [0.05, 0.1) is 24.3 Å². The third-order valence-electron chi connectivity index (χ3n) is 4.72. The van der Waals surface area contributed by atoms with Crippen LogP contribution in [0.15, 0.2) is 65.6 Å². The van der Waals surface area contributed by atoms with Gasteiger partial charge in [-0.15, -0.1) is 0 Å². The molecule has 170 valence electrons. The van der Waals surface area contributed by atoms with Crippen molar-refractivity contribution >= 4 is 11.9 Å². The predicted molar refractivity (Wildman–Crippen MR) is 107 cm³/mol. The van der Waals surface area contributed by atoms with Gasteiger partial charge in [0.2, 0.25) is 0 Å². The van der Waals surface area contributed by atoms with Gasteiger partial charge in [-0.25, -0.2) is 4.79 Å². The fourth-order valence-electron chi connectivity index (χ4n) is 3.28. The maximum Gasteiger partial charge on any atom is 0.490 e. The predicted octanol–water partition coefficient (Wildman–Crippen LogP) is 3.10. The fraction of sp³-hybridized carbons (Fsp3) is 0.286. The van der Waals surface area contributed by atoms with Gasteiger partial charge in [0.25, 0.3) is 5.91 Å². The Hall–Kier alpha value is -3.60. The van der Waals surface area contributed by atoms with Crippen LogP contribution in [-0.2, 0) is 17.9 Å². The number of benzene rings is 1. The van der Waals surface area contributed by atoms with Crippen LogP contribution in [0.3, 0.4) is 0 Å². The van der Waals surface area contributed by atoms with Gasteiger partial charge in [-0.05, 0) is 24.3 Å². The standard InChI is InChI=1S/C19H20N4O2.C2HF3O2/c24-19(16-4-2-1-3-5-16)20-10-18-13-22(11-15-7-9-25-14-15)12-17-6-8-21-23(17)18;3-2(4,5)1(6)7/h1-9,14,18H,10-13H2,(H,20,24);(H,6,7). The summed E-state index contributed by atoms with van der Waals surface area (Å²) in [6, 6.07) is 13.4. The molecule has 1 aromatic carbocycles. The van der Waals surface area contributed by atoms with E-state index in [2.05, 4.69) is 15.3 Å². The number of rotatable bonds is 5. The molecular formula is C21H21F3N4O4. The smallest absolute Gasteiger partial charge is 0.475 e. The zero-order valence-electron chi connectivity index (χ0n) is 16.8. The normalized spacial score (nSPS) is 15.9. The minimum Gasteiger partial charge on any atom is -0.475 e. The molecule has 1 aliphatic heterocycles. The Kier molecular flexibility index (Phi) is 7.31. The van der Waals surface area contributed by atoms with E-state index in [4.69, 9.17) is 14.3 Å². The summed E-state index contributed by atoms with van der Waals surface area (Å²) in [5, 5.41) is 14.6. The topological polar surface area (TPSA) is 101 Å². The van der Waals surface area contributed by atoms with Gasteiger partial charge in [0.15, 0.2) is 0 Å². The molecule has 0 bridgehead atoms. The van der Waals surface area contributed by atoms with E-state index < -0.39 is 12.1 Å². The second kappa shape index (κ2) is 10.1. The zero-order valence-corrected chi connectivity index (χ0v) is 16.8. The Labute approximate surface area is 181 Å². The third-order valence-corrected chi connectivity index (χ3v) is 4.72. The van der Waals surface area contributed by atoms with Crippen LogP contribution in [0.4, 0.5) is 13.2 Å². The molecule has 8 nitrogen and oxygen atoms in total. The average molecular weight is 450 g/mol. The summed E-state index contributed by atoms with van der Waals surface area (Å²) < 4.78 is 38.9. The maximum absolute atomic E-state index is 12.3. The van der Waals surface area contributed by atoms with Crippen LogP contribution in [0.1, 0.15) is 27.7 Å². The second-order valence-corrected chi connectivity index (χ2v) is 7.10. The number of carbonyl (C=O) groups excluding carboxylic acids is 1. The van der Waals surface area contributed by atoms with Crippen molar-refractivity contribution < 1.29 is 32.3 Å². The van der Waals surface area contributed by atoms with Crippen LogP contribution in [0, 0.1) is 0 Å². The summed E-state index contributed by atoms with van der Waals surface area (Å²) in [7, 11) is 0. The lowest BCUT2D eigenvalue weighted by molar-refractivity contribution is -0.192. The molecule has 1 unspecified atom stereocenters. The van der Waals surface area contributed by atoms with E-state index in [-0.39, 0.29) is 11.9 Å². The van der Waals surface area contributed by atoms with Crippen LogP contribution in [-0.4, -0.2) is 50.9 Å². The lowest BCUT2D eigenvalue weighted by atomic mass is 10.1. The van der Waals surface area contributed by atoms with Gasteiger partial charge >= 0.3 is 12.1 Å². The van der Waals surface area contributed by atoms with Crippen molar-refractivity contribution in [3.63, 3.8) is 0 Å². The number of carboxylic acid groups (broad SMARTS) is 1. The Morgan fingerprint density at radius 1 is 1.19 bits per heavy atom. The lowest BCUT2D eigenvalue weighted by Crippen LogP contribution is -2.42. The van der Waals surface area contributed by atoms with Crippen molar-refractivity contribution in [1.29, 1.82) is 0 Å². The number of halogens is 3. The number of carboxylic acids is 1. The molecule has 1 amide bonds. The van der Waals surface area contributed by atoms with E-state index in [0.29, 0.717) is 12.1 Å². The monoisotopic (exact) mass is 450 g/mol. The Morgan fingerprint density at radius 3 is 2.53 bits per heavy atom. The summed E-state index contributed by atoms with van der Waals surface area (Å²) in [6.45, 7) is 3.04. The summed E-state index contributed by atoms with van der Waals surface area (Å²) in [5.41, 5.74) is 2.99. The molecule has 0 saturated carbocycles. The molecule has 32 heavy (non-hydrogen) atoms. The molecule has 0 spiro atoms. The van der Waals surface area contributed by atoms with E-state index in [0.717, 1.165) is 30.9 Å². The van der Waals surface area contributed by atoms with Gasteiger partial charge in [-0.2, -0.15) is 18.3 Å². The number of aliphatic carboxylic acids is 1. The first-order chi connectivity index (χ1) is 15.2. The number of amides is 1. The summed E-state index contributed by atoms with van der Waals surface area (Å²) in [6.07, 6.45) is 0.210. The van der Waals surface area contributed by atoms with Crippen molar-refractivity contribution in [2.75, 3.05) is 13.1 Å². The van der Waals surface area contributed by atoms with Crippen molar-refractivity contribution in [1.82, 2.24) is 20.0 Å². The van der Waals surface area contributed by atoms with Gasteiger partial charge < -0.3 is 14.8 Å². The van der Waals surface area contributed by atoms with Gasteiger partial charge in [-0.3, -0.25) is 14.4 Å². The van der Waals surface area contributed by atoms with Gasteiger partial charge in [0, 0.05) is 43.5 Å². The van der Waals surface area contributed by atoms with E-state index in [1.165, 1.54) is 0 Å². The number of nitrogens with one attached hydrogen (secondary N) is 1. The first-order valence-electron chi connectivity index (χ1n) is 9.63. The molecule has 4 rings (SSSR count). The fourth-order valence-corrected chi connectivity index (χ4v) is 3.28. The molecule has 0 aliphatic carbocycles. The number of carbonyl (C=O) groups is 2. The first-order valence-corrected chi connectivity index (χ1v) is 9.63. The molecule has 0 radical (unpaired) electrons. The first kappa shape index (κ1) is 23.1. The van der Waals surface area contributed by atoms with E-state index in [1.807, 2.05) is 53.3 Å². The number of nitrogens with zero attached hydrogens (tertiary/aromatic N) is 3. The molecular weight excluding hydrogens is 429 g/mol. The molecule has 0 saturated heterocycles. The van der Waals surface area contributed by atoms with E-state index in [9.17, 15) is 18.0 Å². The highest BCUT2D eigenvalue weighted by atomic mass is 19.4. The summed E-state index contributed by atoms with van der Waals surface area (Å²) in [4.78, 5) is 23.6. The zero-order chi connectivity index (χ0) is 23.1. The Balaban J connectivity index is 0.000000360. The molecule has 1 aliphatic rings. The van der Waals surface area contributed by atoms with Crippen molar-refractivity contribution in [2.24, 2.45) is 0 Å². The van der Waals surface area contributed by atoms with Crippen LogP contribution in [0.2, 0.25) is 0 Å². The molecule has 1 atom stereocenters. The lowest BCUT2D eigenvalue weighted by Gasteiger charge is -2.33. The molecule has 11 heteroatoms. The van der Waals surface area contributed by atoms with Crippen molar-refractivity contribution in [3.05, 3.63) is 78.0 Å². The molecule has 3 heterocycles. The minimum absolute atomic E-state index is 0.0544. The Bertz CT molecular complexity index is 1020. The van der Waals surface area contributed by atoms with Crippen LogP contribution >= 0.6 is 0 Å². The average Bonchev–Trinajstić information content (AvgIpc) is 3.44. The van der Waals surface area contributed by atoms with E-state index in [1.54, 1.807) is 12.5 Å². The van der Waals surface area contributed by atoms with Crippen LogP contribution in [0.25, 0.3) is 0 Å². The highest BCUT2D eigenvalue weighted by Crippen LogP contribution is 2.22. The highest BCUT2D eigenvalue weighted by Gasteiger charge is 2.38.